The fourth-order valence-electron chi connectivity index (χ4n) is 4.12. The first-order valence-corrected chi connectivity index (χ1v) is 10.6. The number of aromatic nitrogens is 2. The van der Waals surface area contributed by atoms with Crippen LogP contribution in [0.25, 0.3) is 11.5 Å². The number of halogens is 1. The first-order valence-electron chi connectivity index (χ1n) is 9.22. The third kappa shape index (κ3) is 3.91. The number of nitrogens with zero attached hydrogens (tertiary/aromatic N) is 3. The van der Waals surface area contributed by atoms with E-state index in [1.54, 1.807) is 12.1 Å². The summed E-state index contributed by atoms with van der Waals surface area (Å²) in [7, 11) is 0. The van der Waals surface area contributed by atoms with Gasteiger partial charge in [0.1, 0.15) is 0 Å². The van der Waals surface area contributed by atoms with Crippen LogP contribution in [0.5, 0.6) is 0 Å². The van der Waals surface area contributed by atoms with E-state index in [9.17, 15) is 4.79 Å². The zero-order valence-corrected chi connectivity index (χ0v) is 16.1. The van der Waals surface area contributed by atoms with Crippen LogP contribution in [-0.4, -0.2) is 39.3 Å². The van der Waals surface area contributed by atoms with Crippen LogP contribution in [0, 0.1) is 5.92 Å². The molecule has 1 saturated heterocycles. The van der Waals surface area contributed by atoms with Crippen molar-refractivity contribution in [2.24, 2.45) is 5.92 Å². The highest BCUT2D eigenvalue weighted by Gasteiger charge is 2.35. The van der Waals surface area contributed by atoms with Gasteiger partial charge in [0.15, 0.2) is 0 Å². The van der Waals surface area contributed by atoms with Crippen LogP contribution in [0.15, 0.2) is 33.9 Å². The van der Waals surface area contributed by atoms with E-state index >= 15 is 0 Å². The van der Waals surface area contributed by atoms with Crippen LogP contribution in [0.4, 0.5) is 0 Å². The van der Waals surface area contributed by atoms with E-state index in [1.165, 1.54) is 37.4 Å². The van der Waals surface area contributed by atoms with Gasteiger partial charge in [0.2, 0.25) is 11.8 Å². The summed E-state index contributed by atoms with van der Waals surface area (Å²) in [6, 6.07) is 7.69. The SMILES string of the molecule is O=C(CSc1nnc(-c2ccc(Cl)cc2)o1)N1CCC[C@@H]2CCCC[C@H]21. The minimum atomic E-state index is 0.192. The Morgan fingerprint density at radius 2 is 1.92 bits per heavy atom. The number of piperidine rings is 1. The molecular weight excluding hydrogens is 370 g/mol. The highest BCUT2D eigenvalue weighted by Crippen LogP contribution is 2.35. The average molecular weight is 392 g/mol. The fraction of sp³-hybridized carbons (Fsp3) is 0.526. The van der Waals surface area contributed by atoms with Crippen molar-refractivity contribution in [1.29, 1.82) is 0 Å². The molecule has 0 bridgehead atoms. The zero-order chi connectivity index (χ0) is 17.9. The molecule has 7 heteroatoms. The van der Waals surface area contributed by atoms with Crippen molar-refractivity contribution in [2.45, 2.75) is 49.8 Å². The molecule has 1 aliphatic heterocycles. The topological polar surface area (TPSA) is 59.2 Å². The summed E-state index contributed by atoms with van der Waals surface area (Å²) in [5.41, 5.74) is 0.821. The summed E-state index contributed by atoms with van der Waals surface area (Å²) in [6.07, 6.45) is 7.38. The van der Waals surface area contributed by atoms with Crippen LogP contribution < -0.4 is 0 Å². The monoisotopic (exact) mass is 391 g/mol. The van der Waals surface area contributed by atoms with Crippen LogP contribution in [0.3, 0.4) is 0 Å². The van der Waals surface area contributed by atoms with Crippen LogP contribution in [0.1, 0.15) is 38.5 Å². The average Bonchev–Trinajstić information content (AvgIpc) is 3.15. The summed E-state index contributed by atoms with van der Waals surface area (Å²) < 4.78 is 5.68. The maximum atomic E-state index is 12.7. The predicted molar refractivity (Wildman–Crippen MR) is 102 cm³/mol. The van der Waals surface area contributed by atoms with Gasteiger partial charge < -0.3 is 9.32 Å². The maximum absolute atomic E-state index is 12.7. The van der Waals surface area contributed by atoms with Gasteiger partial charge >= 0.3 is 0 Å². The van der Waals surface area contributed by atoms with Gasteiger partial charge in [-0.15, -0.1) is 10.2 Å². The molecule has 2 atom stereocenters. The molecule has 4 rings (SSSR count). The molecule has 1 saturated carbocycles. The van der Waals surface area contributed by atoms with Gasteiger partial charge in [0.05, 0.1) is 5.75 Å². The Kier molecular flexibility index (Phi) is 5.50. The van der Waals surface area contributed by atoms with E-state index in [2.05, 4.69) is 15.1 Å². The molecule has 1 aromatic heterocycles. The van der Waals surface area contributed by atoms with Gasteiger partial charge in [-0.05, 0) is 55.9 Å². The molecular formula is C19H22ClN3O2S. The number of amides is 1. The molecule has 1 aliphatic carbocycles. The van der Waals surface area contributed by atoms with Crippen molar-refractivity contribution in [3.63, 3.8) is 0 Å². The fourth-order valence-corrected chi connectivity index (χ4v) is 4.89. The van der Waals surface area contributed by atoms with Gasteiger partial charge in [-0.25, -0.2) is 0 Å². The second kappa shape index (κ2) is 8.01. The van der Waals surface area contributed by atoms with Crippen molar-refractivity contribution >= 4 is 29.3 Å². The minimum Gasteiger partial charge on any atom is -0.411 e. The molecule has 2 aromatic rings. The third-order valence-electron chi connectivity index (χ3n) is 5.38. The number of hydrogen-bond acceptors (Lipinski definition) is 5. The Labute approximate surface area is 162 Å². The van der Waals surface area contributed by atoms with Gasteiger partial charge in [0, 0.05) is 23.2 Å². The molecule has 1 amide bonds. The van der Waals surface area contributed by atoms with E-state index in [0.717, 1.165) is 24.9 Å². The van der Waals surface area contributed by atoms with Crippen LogP contribution in [0.2, 0.25) is 5.02 Å². The Morgan fingerprint density at radius 3 is 2.77 bits per heavy atom. The molecule has 138 valence electrons. The lowest BCUT2D eigenvalue weighted by Gasteiger charge is -2.44. The summed E-state index contributed by atoms with van der Waals surface area (Å²) >= 11 is 7.22. The molecule has 26 heavy (non-hydrogen) atoms. The predicted octanol–water partition coefficient (Wildman–Crippen LogP) is 4.66. The highest BCUT2D eigenvalue weighted by atomic mass is 35.5. The van der Waals surface area contributed by atoms with Gasteiger partial charge in [-0.1, -0.05) is 36.2 Å². The number of thioether (sulfide) groups is 1. The Balaban J connectivity index is 1.36. The summed E-state index contributed by atoms with van der Waals surface area (Å²) in [5, 5.41) is 9.22. The Morgan fingerprint density at radius 1 is 1.15 bits per heavy atom. The number of likely N-dealkylation sites (tertiary alicyclic amines) is 1. The van der Waals surface area contributed by atoms with Crippen molar-refractivity contribution in [3.8, 4) is 11.5 Å². The second-order valence-corrected chi connectivity index (χ2v) is 8.37. The highest BCUT2D eigenvalue weighted by molar-refractivity contribution is 7.99. The van der Waals surface area contributed by atoms with E-state index < -0.39 is 0 Å². The quantitative estimate of drug-likeness (QED) is 0.709. The van der Waals surface area contributed by atoms with E-state index in [0.29, 0.717) is 33.8 Å². The number of carbonyl (C=O) groups excluding carboxylic acids is 1. The molecule has 0 unspecified atom stereocenters. The molecule has 1 aromatic carbocycles. The standard InChI is InChI=1S/C19H22ClN3O2S/c20-15-9-7-14(8-10-15)18-21-22-19(25-18)26-12-17(24)23-11-3-5-13-4-1-2-6-16(13)23/h7-10,13,16H,1-6,11-12H2/t13-,16+/m0/s1. The Bertz CT molecular complexity index is 762. The smallest absolute Gasteiger partial charge is 0.277 e. The number of hydrogen-bond donors (Lipinski definition) is 0. The van der Waals surface area contributed by atoms with Gasteiger partial charge in [0.25, 0.3) is 5.22 Å². The van der Waals surface area contributed by atoms with Gasteiger partial charge in [-0.2, -0.15) is 0 Å². The first kappa shape index (κ1) is 17.9. The summed E-state index contributed by atoms with van der Waals surface area (Å²) in [4.78, 5) is 14.8. The number of benzene rings is 1. The molecule has 0 N–H and O–H groups in total. The lowest BCUT2D eigenvalue weighted by atomic mass is 9.78. The number of rotatable bonds is 4. The van der Waals surface area contributed by atoms with Crippen LogP contribution in [-0.2, 0) is 4.79 Å². The molecule has 5 nitrogen and oxygen atoms in total. The lowest BCUT2D eigenvalue weighted by Crippen LogP contribution is -2.50. The maximum Gasteiger partial charge on any atom is 0.277 e. The van der Waals surface area contributed by atoms with Crippen molar-refractivity contribution in [3.05, 3.63) is 29.3 Å². The van der Waals surface area contributed by atoms with E-state index in [4.69, 9.17) is 16.0 Å². The molecule has 0 radical (unpaired) electrons. The Hall–Kier alpha value is -1.53. The largest absolute Gasteiger partial charge is 0.411 e. The molecule has 2 aliphatic rings. The summed E-state index contributed by atoms with van der Waals surface area (Å²) in [5.74, 6) is 1.69. The summed E-state index contributed by atoms with van der Waals surface area (Å²) in [6.45, 7) is 0.889. The van der Waals surface area contributed by atoms with E-state index in [-0.39, 0.29) is 5.91 Å². The number of carbonyl (C=O) groups is 1. The molecule has 2 heterocycles. The normalized spacial score (nSPS) is 22.9. The van der Waals surface area contributed by atoms with Crippen molar-refractivity contribution in [2.75, 3.05) is 12.3 Å². The van der Waals surface area contributed by atoms with Crippen molar-refractivity contribution < 1.29 is 9.21 Å². The zero-order valence-electron chi connectivity index (χ0n) is 14.6. The lowest BCUT2D eigenvalue weighted by molar-refractivity contribution is -0.134. The first-order chi connectivity index (χ1) is 12.7. The van der Waals surface area contributed by atoms with Gasteiger partial charge in [-0.3, -0.25) is 4.79 Å². The second-order valence-electron chi connectivity index (χ2n) is 7.01. The molecule has 0 spiro atoms. The minimum absolute atomic E-state index is 0.192. The third-order valence-corrected chi connectivity index (χ3v) is 6.44. The number of fused-ring (bicyclic) bond motifs is 1. The van der Waals surface area contributed by atoms with E-state index in [1.807, 2.05) is 12.1 Å². The van der Waals surface area contributed by atoms with Crippen LogP contribution >= 0.6 is 23.4 Å². The molecule has 2 fully saturated rings. The van der Waals surface area contributed by atoms with Crippen molar-refractivity contribution in [1.82, 2.24) is 15.1 Å².